The summed E-state index contributed by atoms with van der Waals surface area (Å²) < 4.78 is 5.50. The summed E-state index contributed by atoms with van der Waals surface area (Å²) in [5, 5.41) is 13.3. The Morgan fingerprint density at radius 1 is 1.29 bits per heavy atom. The largest absolute Gasteiger partial charge is 0.492 e. The van der Waals surface area contributed by atoms with E-state index in [-0.39, 0.29) is 10.7 Å². The molecule has 0 bridgehead atoms. The van der Waals surface area contributed by atoms with Crippen LogP contribution in [0.5, 0.6) is 5.75 Å². The topological polar surface area (TPSA) is 75.0 Å². The molecule has 0 saturated carbocycles. The minimum atomic E-state index is -0.547. The Morgan fingerprint density at radius 2 is 2.07 bits per heavy atom. The fourth-order valence-electron chi connectivity index (χ4n) is 2.72. The number of ether oxygens (including phenoxy) is 1. The van der Waals surface area contributed by atoms with Gasteiger partial charge in [-0.2, -0.15) is 5.26 Å². The van der Waals surface area contributed by atoms with Crippen LogP contribution in [-0.2, 0) is 4.79 Å². The fraction of sp³-hybridized carbons (Fsp3) is 0.136. The molecule has 3 rings (SSSR count). The molecule has 3 aromatic rings. The predicted molar refractivity (Wildman–Crippen MR) is 111 cm³/mol. The maximum Gasteiger partial charge on any atom is 0.266 e. The van der Waals surface area contributed by atoms with E-state index in [1.54, 1.807) is 18.2 Å². The maximum absolute atomic E-state index is 12.6. The van der Waals surface area contributed by atoms with Gasteiger partial charge in [0.05, 0.1) is 17.8 Å². The Labute approximate surface area is 168 Å². The number of rotatable bonds is 5. The zero-order valence-electron chi connectivity index (χ0n) is 15.5. The van der Waals surface area contributed by atoms with Crippen molar-refractivity contribution in [3.05, 3.63) is 70.4 Å². The van der Waals surface area contributed by atoms with E-state index in [2.05, 4.69) is 10.3 Å². The normalized spacial score (nSPS) is 11.1. The zero-order chi connectivity index (χ0) is 20.1. The van der Waals surface area contributed by atoms with Crippen LogP contribution in [0.1, 0.15) is 18.1 Å². The van der Waals surface area contributed by atoms with Crippen molar-refractivity contribution in [1.82, 2.24) is 4.98 Å². The Bertz CT molecular complexity index is 1120. The quantitative estimate of drug-likeness (QED) is 0.371. The average molecular weight is 392 g/mol. The number of halogens is 1. The lowest BCUT2D eigenvalue weighted by Crippen LogP contribution is -2.14. The first kappa shape index (κ1) is 19.4. The van der Waals surface area contributed by atoms with Gasteiger partial charge < -0.3 is 10.1 Å². The number of nitriles is 1. The second-order valence-corrected chi connectivity index (χ2v) is 6.48. The summed E-state index contributed by atoms with van der Waals surface area (Å²) >= 11 is 6.27. The molecule has 0 fully saturated rings. The smallest absolute Gasteiger partial charge is 0.266 e. The van der Waals surface area contributed by atoms with Crippen molar-refractivity contribution in [1.29, 1.82) is 5.26 Å². The molecular weight excluding hydrogens is 374 g/mol. The average Bonchev–Trinajstić information content (AvgIpc) is 2.68. The molecule has 1 amide bonds. The Balaban J connectivity index is 1.93. The van der Waals surface area contributed by atoms with Gasteiger partial charge in [-0.25, -0.2) is 4.98 Å². The third-order valence-electron chi connectivity index (χ3n) is 4.05. The van der Waals surface area contributed by atoms with Gasteiger partial charge in [-0.3, -0.25) is 4.79 Å². The second kappa shape index (κ2) is 8.55. The Morgan fingerprint density at radius 3 is 2.82 bits per heavy atom. The number of nitrogens with zero attached hydrogens (tertiary/aromatic N) is 2. The lowest BCUT2D eigenvalue weighted by Gasteiger charge is -2.11. The molecule has 0 radical (unpaired) electrons. The van der Waals surface area contributed by atoms with E-state index in [0.29, 0.717) is 23.6 Å². The van der Waals surface area contributed by atoms with Crippen molar-refractivity contribution >= 4 is 40.2 Å². The molecular formula is C22H18ClN3O2. The van der Waals surface area contributed by atoms with Gasteiger partial charge in [-0.1, -0.05) is 35.9 Å². The van der Waals surface area contributed by atoms with Crippen LogP contribution in [0.15, 0.2) is 54.1 Å². The van der Waals surface area contributed by atoms with Gasteiger partial charge in [0, 0.05) is 10.9 Å². The summed E-state index contributed by atoms with van der Waals surface area (Å²) in [6.45, 7) is 4.29. The van der Waals surface area contributed by atoms with Gasteiger partial charge in [0.1, 0.15) is 22.5 Å². The number of para-hydroxylation sites is 2. The van der Waals surface area contributed by atoms with E-state index < -0.39 is 5.91 Å². The van der Waals surface area contributed by atoms with Gasteiger partial charge in [0.15, 0.2) is 0 Å². The van der Waals surface area contributed by atoms with E-state index >= 15 is 0 Å². The summed E-state index contributed by atoms with van der Waals surface area (Å²) in [6.07, 6.45) is 1.44. The number of nitrogens with one attached hydrogen (secondary N) is 1. The Kier molecular flexibility index (Phi) is 5.93. The number of fused-ring (bicyclic) bond motifs is 1. The van der Waals surface area contributed by atoms with Crippen LogP contribution in [-0.4, -0.2) is 17.5 Å². The lowest BCUT2D eigenvalue weighted by molar-refractivity contribution is -0.112. The van der Waals surface area contributed by atoms with Gasteiger partial charge in [-0.05, 0) is 49.8 Å². The van der Waals surface area contributed by atoms with Crippen molar-refractivity contribution in [2.24, 2.45) is 0 Å². The third kappa shape index (κ3) is 4.30. The Hall–Kier alpha value is -3.36. The summed E-state index contributed by atoms with van der Waals surface area (Å²) in [5.74, 6) is -0.00821. The van der Waals surface area contributed by atoms with Crippen LogP contribution in [0.2, 0.25) is 5.15 Å². The second-order valence-electron chi connectivity index (χ2n) is 6.12. The summed E-state index contributed by atoms with van der Waals surface area (Å²) in [4.78, 5) is 17.0. The molecule has 5 nitrogen and oxygen atoms in total. The molecule has 1 N–H and O–H groups in total. The monoisotopic (exact) mass is 391 g/mol. The van der Waals surface area contributed by atoms with Gasteiger partial charge >= 0.3 is 0 Å². The molecule has 1 heterocycles. The highest BCUT2D eigenvalue weighted by atomic mass is 35.5. The number of aryl methyl sites for hydroxylation is 1. The lowest BCUT2D eigenvalue weighted by atomic mass is 10.1. The van der Waals surface area contributed by atoms with E-state index in [1.807, 2.05) is 50.2 Å². The minimum Gasteiger partial charge on any atom is -0.492 e. The maximum atomic E-state index is 12.6. The number of pyridine rings is 1. The first-order valence-corrected chi connectivity index (χ1v) is 9.11. The van der Waals surface area contributed by atoms with Crippen molar-refractivity contribution in [2.75, 3.05) is 11.9 Å². The highest BCUT2D eigenvalue weighted by molar-refractivity contribution is 6.31. The van der Waals surface area contributed by atoms with Crippen LogP contribution in [0.25, 0.3) is 17.0 Å². The standard InChI is InChI=1S/C22H18ClN3O2/c1-3-28-20-7-5-4-6-18(20)26-22(27)17(13-24)12-16-11-15-9-8-14(2)10-19(15)25-21(16)23/h4-12H,3H2,1-2H3,(H,26,27)/b17-12+. The molecule has 28 heavy (non-hydrogen) atoms. The number of anilines is 1. The molecule has 1 aromatic heterocycles. The molecule has 0 spiro atoms. The van der Waals surface area contributed by atoms with E-state index in [1.165, 1.54) is 6.08 Å². The number of aromatic nitrogens is 1. The number of carbonyl (C=O) groups excluding carboxylic acids is 1. The molecule has 140 valence electrons. The first-order chi connectivity index (χ1) is 13.5. The number of benzene rings is 2. The number of amides is 1. The van der Waals surface area contributed by atoms with Gasteiger partial charge in [0.25, 0.3) is 5.91 Å². The van der Waals surface area contributed by atoms with Crippen molar-refractivity contribution in [2.45, 2.75) is 13.8 Å². The van der Waals surface area contributed by atoms with Crippen molar-refractivity contribution in [3.8, 4) is 11.8 Å². The summed E-state index contributed by atoms with van der Waals surface area (Å²) in [6, 6.07) is 16.6. The van der Waals surface area contributed by atoms with E-state index in [0.717, 1.165) is 16.5 Å². The highest BCUT2D eigenvalue weighted by Crippen LogP contribution is 2.26. The number of hydrogen-bond donors (Lipinski definition) is 1. The van der Waals surface area contributed by atoms with Gasteiger partial charge in [-0.15, -0.1) is 0 Å². The van der Waals surface area contributed by atoms with Crippen molar-refractivity contribution < 1.29 is 9.53 Å². The number of hydrogen-bond acceptors (Lipinski definition) is 4. The molecule has 0 unspecified atom stereocenters. The van der Waals surface area contributed by atoms with Crippen LogP contribution >= 0.6 is 11.6 Å². The SMILES string of the molecule is CCOc1ccccc1NC(=O)/C(C#N)=C/c1cc2ccc(C)cc2nc1Cl. The van der Waals surface area contributed by atoms with Crippen LogP contribution in [0.4, 0.5) is 5.69 Å². The zero-order valence-corrected chi connectivity index (χ0v) is 16.2. The fourth-order valence-corrected chi connectivity index (χ4v) is 2.92. The molecule has 0 aliphatic rings. The van der Waals surface area contributed by atoms with E-state index in [9.17, 15) is 10.1 Å². The third-order valence-corrected chi connectivity index (χ3v) is 4.36. The molecule has 0 saturated heterocycles. The minimum absolute atomic E-state index is 0.0820. The first-order valence-electron chi connectivity index (χ1n) is 8.73. The summed E-state index contributed by atoms with van der Waals surface area (Å²) in [5.41, 5.74) is 2.75. The van der Waals surface area contributed by atoms with Gasteiger partial charge in [0.2, 0.25) is 0 Å². The molecule has 0 aliphatic heterocycles. The van der Waals surface area contributed by atoms with Crippen LogP contribution < -0.4 is 10.1 Å². The predicted octanol–water partition coefficient (Wildman–Crippen LogP) is 5.14. The molecule has 6 heteroatoms. The molecule has 0 atom stereocenters. The van der Waals surface area contributed by atoms with Crippen LogP contribution in [0.3, 0.4) is 0 Å². The molecule has 0 aliphatic carbocycles. The highest BCUT2D eigenvalue weighted by Gasteiger charge is 2.14. The molecule has 2 aromatic carbocycles. The number of carbonyl (C=O) groups is 1. The van der Waals surface area contributed by atoms with Crippen molar-refractivity contribution in [3.63, 3.8) is 0 Å². The van der Waals surface area contributed by atoms with Crippen LogP contribution in [0, 0.1) is 18.3 Å². The summed E-state index contributed by atoms with van der Waals surface area (Å²) in [7, 11) is 0. The van der Waals surface area contributed by atoms with E-state index in [4.69, 9.17) is 16.3 Å².